The molecule has 0 aliphatic carbocycles. The molecule has 1 heterocycles. The molecule has 0 atom stereocenters. The third kappa shape index (κ3) is 3.33. The molecule has 2 aromatic carbocycles. The number of anilines is 2. The van der Waals surface area contributed by atoms with Crippen LogP contribution in [0.25, 0.3) is 11.0 Å². The number of rotatable bonds is 5. The third-order valence-electron chi connectivity index (χ3n) is 3.74. The van der Waals surface area contributed by atoms with Gasteiger partial charge in [0.2, 0.25) is 0 Å². The maximum Gasteiger partial charge on any atom is 0.362 e. The number of para-hydroxylation sites is 1. The Morgan fingerprint density at radius 3 is 2.68 bits per heavy atom. The van der Waals surface area contributed by atoms with E-state index in [1.165, 1.54) is 7.11 Å². The van der Waals surface area contributed by atoms with Crippen LogP contribution in [0.3, 0.4) is 0 Å². The molecule has 0 fully saturated rings. The Morgan fingerprint density at radius 1 is 1.12 bits per heavy atom. The van der Waals surface area contributed by atoms with Crippen molar-refractivity contribution in [3.8, 4) is 5.75 Å². The molecule has 128 valence electrons. The SMILES string of the molecule is CCNc1c(NC(=O)c2cccc(OC)c2)c(=O)oc2ccccc12. The average molecular weight is 338 g/mol. The lowest BCUT2D eigenvalue weighted by Gasteiger charge is -2.13. The van der Waals surface area contributed by atoms with E-state index in [0.717, 1.165) is 5.39 Å². The van der Waals surface area contributed by atoms with Gasteiger partial charge in [0.05, 0.1) is 12.8 Å². The minimum absolute atomic E-state index is 0.0911. The molecule has 25 heavy (non-hydrogen) atoms. The number of methoxy groups -OCH3 is 1. The van der Waals surface area contributed by atoms with Gasteiger partial charge in [0.1, 0.15) is 11.3 Å². The second kappa shape index (κ2) is 7.09. The molecule has 0 saturated heterocycles. The summed E-state index contributed by atoms with van der Waals surface area (Å²) in [6.45, 7) is 2.51. The van der Waals surface area contributed by atoms with Gasteiger partial charge in [-0.2, -0.15) is 0 Å². The van der Waals surface area contributed by atoms with Crippen LogP contribution in [-0.2, 0) is 0 Å². The maximum absolute atomic E-state index is 12.6. The summed E-state index contributed by atoms with van der Waals surface area (Å²) >= 11 is 0. The van der Waals surface area contributed by atoms with Gasteiger partial charge in [-0.1, -0.05) is 18.2 Å². The highest BCUT2D eigenvalue weighted by Crippen LogP contribution is 2.28. The number of ether oxygens (including phenoxy) is 1. The molecular formula is C19H18N2O4. The summed E-state index contributed by atoms with van der Waals surface area (Å²) in [5.74, 6) is 0.144. The zero-order valence-electron chi connectivity index (χ0n) is 14.0. The fraction of sp³-hybridized carbons (Fsp3) is 0.158. The first-order valence-corrected chi connectivity index (χ1v) is 7.89. The number of benzene rings is 2. The molecule has 0 radical (unpaired) electrons. The molecule has 0 bridgehead atoms. The Labute approximate surface area is 144 Å². The molecule has 0 aliphatic rings. The van der Waals surface area contributed by atoms with Crippen LogP contribution in [0.2, 0.25) is 0 Å². The van der Waals surface area contributed by atoms with Crippen LogP contribution in [-0.4, -0.2) is 19.6 Å². The van der Waals surface area contributed by atoms with Gasteiger partial charge in [0, 0.05) is 17.5 Å². The van der Waals surface area contributed by atoms with Crippen molar-refractivity contribution in [2.24, 2.45) is 0 Å². The molecule has 0 spiro atoms. The number of nitrogens with one attached hydrogen (secondary N) is 2. The number of hydrogen-bond donors (Lipinski definition) is 2. The van der Waals surface area contributed by atoms with Gasteiger partial charge in [-0.25, -0.2) is 4.79 Å². The van der Waals surface area contributed by atoms with Crippen LogP contribution >= 0.6 is 0 Å². The summed E-state index contributed by atoms with van der Waals surface area (Å²) in [6.07, 6.45) is 0. The van der Waals surface area contributed by atoms with Gasteiger partial charge in [-0.15, -0.1) is 0 Å². The Kier molecular flexibility index (Phi) is 4.70. The van der Waals surface area contributed by atoms with E-state index in [-0.39, 0.29) is 5.69 Å². The molecule has 3 rings (SSSR count). The van der Waals surface area contributed by atoms with Crippen LogP contribution in [0, 0.1) is 0 Å². The summed E-state index contributed by atoms with van der Waals surface area (Å²) in [6, 6.07) is 13.9. The Hall–Kier alpha value is -3.28. The summed E-state index contributed by atoms with van der Waals surface area (Å²) in [5.41, 5.74) is 0.877. The molecule has 6 heteroatoms. The fourth-order valence-corrected chi connectivity index (χ4v) is 2.57. The molecule has 2 N–H and O–H groups in total. The van der Waals surface area contributed by atoms with E-state index in [9.17, 15) is 9.59 Å². The van der Waals surface area contributed by atoms with Crippen LogP contribution in [0.1, 0.15) is 17.3 Å². The monoisotopic (exact) mass is 338 g/mol. The Balaban J connectivity index is 2.05. The van der Waals surface area contributed by atoms with Crippen molar-refractivity contribution >= 4 is 28.3 Å². The quantitative estimate of drug-likeness (QED) is 0.696. The lowest BCUT2D eigenvalue weighted by atomic mass is 10.1. The topological polar surface area (TPSA) is 80.6 Å². The summed E-state index contributed by atoms with van der Waals surface area (Å²) in [4.78, 5) is 24.9. The first-order chi connectivity index (χ1) is 12.1. The fourth-order valence-electron chi connectivity index (χ4n) is 2.57. The largest absolute Gasteiger partial charge is 0.497 e. The van der Waals surface area contributed by atoms with Crippen molar-refractivity contribution < 1.29 is 13.9 Å². The maximum atomic E-state index is 12.6. The predicted molar refractivity (Wildman–Crippen MR) is 97.6 cm³/mol. The highest BCUT2D eigenvalue weighted by Gasteiger charge is 2.17. The summed E-state index contributed by atoms with van der Waals surface area (Å²) < 4.78 is 10.5. The van der Waals surface area contributed by atoms with Gasteiger partial charge >= 0.3 is 5.63 Å². The Morgan fingerprint density at radius 2 is 1.92 bits per heavy atom. The lowest BCUT2D eigenvalue weighted by Crippen LogP contribution is -2.20. The van der Waals surface area contributed by atoms with Gasteiger partial charge in [0.25, 0.3) is 5.91 Å². The first kappa shape index (κ1) is 16.6. The standard InChI is InChI=1S/C19H18N2O4/c1-3-20-16-14-9-4-5-10-15(14)25-19(23)17(16)21-18(22)12-7-6-8-13(11-12)24-2/h4-11,20H,3H2,1-2H3,(H,21,22). The summed E-state index contributed by atoms with van der Waals surface area (Å²) in [5, 5.41) is 6.53. The van der Waals surface area contributed by atoms with E-state index in [1.54, 1.807) is 36.4 Å². The number of hydrogen-bond acceptors (Lipinski definition) is 5. The van der Waals surface area contributed by atoms with E-state index in [1.807, 2.05) is 19.1 Å². The second-order valence-corrected chi connectivity index (χ2v) is 5.35. The van der Waals surface area contributed by atoms with Crippen molar-refractivity contribution in [1.29, 1.82) is 0 Å². The molecule has 6 nitrogen and oxygen atoms in total. The Bertz CT molecular complexity index is 979. The minimum Gasteiger partial charge on any atom is -0.497 e. The normalized spacial score (nSPS) is 10.5. The molecule has 1 amide bonds. The molecule has 3 aromatic rings. The van der Waals surface area contributed by atoms with Crippen molar-refractivity contribution in [3.05, 3.63) is 64.5 Å². The smallest absolute Gasteiger partial charge is 0.362 e. The van der Waals surface area contributed by atoms with Gasteiger partial charge < -0.3 is 19.8 Å². The van der Waals surface area contributed by atoms with Gasteiger partial charge in [-0.05, 0) is 37.3 Å². The average Bonchev–Trinajstić information content (AvgIpc) is 2.64. The lowest BCUT2D eigenvalue weighted by molar-refractivity contribution is 0.102. The van der Waals surface area contributed by atoms with Crippen molar-refractivity contribution in [2.45, 2.75) is 6.92 Å². The molecule has 1 aromatic heterocycles. The predicted octanol–water partition coefficient (Wildman–Crippen LogP) is 3.49. The van der Waals surface area contributed by atoms with Crippen LogP contribution in [0.4, 0.5) is 11.4 Å². The first-order valence-electron chi connectivity index (χ1n) is 7.89. The van der Waals surface area contributed by atoms with Crippen LogP contribution in [0.15, 0.2) is 57.7 Å². The van der Waals surface area contributed by atoms with E-state index < -0.39 is 11.5 Å². The van der Waals surface area contributed by atoms with Gasteiger partial charge in [-0.3, -0.25) is 4.79 Å². The van der Waals surface area contributed by atoms with E-state index in [4.69, 9.17) is 9.15 Å². The van der Waals surface area contributed by atoms with Crippen molar-refractivity contribution in [2.75, 3.05) is 24.3 Å². The zero-order valence-corrected chi connectivity index (χ0v) is 14.0. The molecule has 0 aliphatic heterocycles. The number of carbonyl (C=O) groups excluding carboxylic acids is 1. The summed E-state index contributed by atoms with van der Waals surface area (Å²) in [7, 11) is 1.53. The second-order valence-electron chi connectivity index (χ2n) is 5.35. The van der Waals surface area contributed by atoms with Gasteiger partial charge in [0.15, 0.2) is 5.69 Å². The van der Waals surface area contributed by atoms with Crippen LogP contribution < -0.4 is 21.0 Å². The van der Waals surface area contributed by atoms with E-state index in [2.05, 4.69) is 10.6 Å². The molecular weight excluding hydrogens is 320 g/mol. The number of fused-ring (bicyclic) bond motifs is 1. The van der Waals surface area contributed by atoms with E-state index >= 15 is 0 Å². The third-order valence-corrected chi connectivity index (χ3v) is 3.74. The zero-order chi connectivity index (χ0) is 17.8. The van der Waals surface area contributed by atoms with Crippen molar-refractivity contribution in [3.63, 3.8) is 0 Å². The van der Waals surface area contributed by atoms with Crippen LogP contribution in [0.5, 0.6) is 5.75 Å². The highest BCUT2D eigenvalue weighted by atomic mass is 16.5. The highest BCUT2D eigenvalue weighted by molar-refractivity contribution is 6.08. The minimum atomic E-state index is -0.606. The molecule has 0 saturated carbocycles. The van der Waals surface area contributed by atoms with Crippen molar-refractivity contribution in [1.82, 2.24) is 0 Å². The van der Waals surface area contributed by atoms with E-state index in [0.29, 0.717) is 29.1 Å². The molecule has 0 unspecified atom stereocenters. The number of carbonyl (C=O) groups is 1. The number of amides is 1.